The minimum absolute atomic E-state index is 0.0302. The van der Waals surface area contributed by atoms with Crippen LogP contribution in [-0.4, -0.2) is 38.8 Å². The number of anilines is 1. The van der Waals surface area contributed by atoms with Gasteiger partial charge in [-0.15, -0.1) is 11.3 Å². The predicted molar refractivity (Wildman–Crippen MR) is 126 cm³/mol. The summed E-state index contributed by atoms with van der Waals surface area (Å²) in [5.74, 6) is -0.399. The number of nitrogens with zero attached hydrogens (tertiary/aromatic N) is 2. The van der Waals surface area contributed by atoms with Crippen LogP contribution in [0.1, 0.15) is 17.7 Å². The highest BCUT2D eigenvalue weighted by Gasteiger charge is 2.35. The summed E-state index contributed by atoms with van der Waals surface area (Å²) in [5.41, 5.74) is 0.729. The molecule has 2 heterocycles. The molecule has 1 saturated heterocycles. The van der Waals surface area contributed by atoms with Gasteiger partial charge in [-0.2, -0.15) is 4.31 Å². The molecule has 9 heteroatoms. The van der Waals surface area contributed by atoms with Gasteiger partial charge in [0.15, 0.2) is 0 Å². The van der Waals surface area contributed by atoms with Crippen LogP contribution in [0.15, 0.2) is 70.9 Å². The lowest BCUT2D eigenvalue weighted by Crippen LogP contribution is -2.46. The molecule has 3 aromatic rings. The molecule has 0 spiro atoms. The third kappa shape index (κ3) is 5.26. The first-order valence-corrected chi connectivity index (χ1v) is 12.9. The number of sulfonamides is 1. The Kier molecular flexibility index (Phi) is 7.11. The highest BCUT2D eigenvalue weighted by molar-refractivity contribution is 7.89. The molecule has 174 valence electrons. The van der Waals surface area contributed by atoms with Crippen LogP contribution < -0.4 is 9.64 Å². The van der Waals surface area contributed by atoms with Gasteiger partial charge >= 0.3 is 0 Å². The van der Waals surface area contributed by atoms with Crippen LogP contribution in [0.4, 0.5) is 10.1 Å². The van der Waals surface area contributed by atoms with E-state index >= 15 is 0 Å². The van der Waals surface area contributed by atoms with E-state index in [-0.39, 0.29) is 17.3 Å². The summed E-state index contributed by atoms with van der Waals surface area (Å²) in [5, 5.41) is 1.96. The van der Waals surface area contributed by atoms with Crippen molar-refractivity contribution in [2.75, 3.05) is 25.1 Å². The Morgan fingerprint density at radius 1 is 1.15 bits per heavy atom. The van der Waals surface area contributed by atoms with Crippen molar-refractivity contribution in [2.24, 2.45) is 5.92 Å². The molecule has 1 atom stereocenters. The van der Waals surface area contributed by atoms with Crippen molar-refractivity contribution in [3.05, 3.63) is 76.7 Å². The lowest BCUT2D eigenvalue weighted by Gasteiger charge is -2.34. The van der Waals surface area contributed by atoms with E-state index in [1.54, 1.807) is 35.5 Å². The number of rotatable bonds is 7. The Hall–Kier alpha value is -2.75. The molecule has 0 aliphatic carbocycles. The molecule has 2 aromatic carbocycles. The number of halogens is 1. The summed E-state index contributed by atoms with van der Waals surface area (Å²) in [6.45, 7) is 0.830. The average Bonchev–Trinajstić information content (AvgIpc) is 3.36. The number of thiophene rings is 1. The Morgan fingerprint density at radius 2 is 1.88 bits per heavy atom. The number of carbonyl (C=O) groups excluding carboxylic acids is 1. The van der Waals surface area contributed by atoms with Crippen LogP contribution in [-0.2, 0) is 21.4 Å². The zero-order valence-electron chi connectivity index (χ0n) is 18.2. The van der Waals surface area contributed by atoms with E-state index in [0.717, 1.165) is 22.7 Å². The monoisotopic (exact) mass is 488 g/mol. The quantitative estimate of drug-likeness (QED) is 0.490. The van der Waals surface area contributed by atoms with E-state index in [2.05, 4.69) is 0 Å². The molecular weight excluding hydrogens is 463 g/mol. The van der Waals surface area contributed by atoms with E-state index in [1.807, 2.05) is 29.6 Å². The fourth-order valence-corrected chi connectivity index (χ4v) is 6.17. The van der Waals surface area contributed by atoms with Crippen LogP contribution in [0.3, 0.4) is 0 Å². The highest BCUT2D eigenvalue weighted by Crippen LogP contribution is 2.29. The number of hydrogen-bond donors (Lipinski definition) is 0. The third-order valence-electron chi connectivity index (χ3n) is 5.73. The molecule has 4 rings (SSSR count). The summed E-state index contributed by atoms with van der Waals surface area (Å²) in [7, 11) is -2.23. The maximum atomic E-state index is 13.7. The number of amides is 1. The Balaban J connectivity index is 1.58. The smallest absolute Gasteiger partial charge is 0.243 e. The normalized spacial score (nSPS) is 17.0. The topological polar surface area (TPSA) is 66.9 Å². The Bertz CT molecular complexity index is 1180. The second-order valence-electron chi connectivity index (χ2n) is 7.86. The van der Waals surface area contributed by atoms with E-state index < -0.39 is 21.8 Å². The molecule has 1 aliphatic rings. The molecule has 1 fully saturated rings. The molecule has 0 N–H and O–H groups in total. The molecule has 1 aliphatic heterocycles. The van der Waals surface area contributed by atoms with Gasteiger partial charge in [0.05, 0.1) is 24.5 Å². The first-order chi connectivity index (χ1) is 15.9. The van der Waals surface area contributed by atoms with Crippen molar-refractivity contribution in [3.8, 4) is 5.75 Å². The van der Waals surface area contributed by atoms with Crippen LogP contribution in [0.2, 0.25) is 0 Å². The molecule has 1 unspecified atom stereocenters. The van der Waals surface area contributed by atoms with Crippen LogP contribution in [0, 0.1) is 11.7 Å². The molecular formula is C24H25FN2O4S2. The van der Waals surface area contributed by atoms with Crippen LogP contribution in [0.25, 0.3) is 0 Å². The second kappa shape index (κ2) is 10.0. The van der Waals surface area contributed by atoms with Gasteiger partial charge in [-0.1, -0.05) is 6.07 Å². The van der Waals surface area contributed by atoms with Gasteiger partial charge < -0.3 is 9.64 Å². The highest BCUT2D eigenvalue weighted by atomic mass is 32.2. The maximum Gasteiger partial charge on any atom is 0.243 e. The molecule has 1 amide bonds. The Labute approximate surface area is 197 Å². The molecule has 0 radical (unpaired) electrons. The lowest BCUT2D eigenvalue weighted by molar-refractivity contribution is -0.123. The number of piperidine rings is 1. The predicted octanol–water partition coefficient (Wildman–Crippen LogP) is 4.53. The van der Waals surface area contributed by atoms with Gasteiger partial charge in [0.2, 0.25) is 15.9 Å². The Morgan fingerprint density at radius 3 is 2.52 bits per heavy atom. The SMILES string of the molecule is COc1ccc(N(Cc2cccs2)C(=O)C2CCCN(S(=O)(=O)c3ccc(F)cc3)C2)cc1. The minimum atomic E-state index is -3.81. The van der Waals surface area contributed by atoms with Crippen molar-refractivity contribution in [3.63, 3.8) is 0 Å². The zero-order chi connectivity index (χ0) is 23.4. The van der Waals surface area contributed by atoms with Crippen molar-refractivity contribution < 1.29 is 22.3 Å². The lowest BCUT2D eigenvalue weighted by atomic mass is 9.97. The molecule has 1 aromatic heterocycles. The average molecular weight is 489 g/mol. The fraction of sp³-hybridized carbons (Fsp3) is 0.292. The largest absolute Gasteiger partial charge is 0.497 e. The van der Waals surface area contributed by atoms with Gasteiger partial charge in [0.25, 0.3) is 0 Å². The number of carbonyl (C=O) groups is 1. The number of ether oxygens (including phenoxy) is 1. The molecule has 6 nitrogen and oxygen atoms in total. The summed E-state index contributed by atoms with van der Waals surface area (Å²) >= 11 is 1.57. The number of methoxy groups -OCH3 is 1. The van der Waals surface area contributed by atoms with Gasteiger partial charge in [-0.05, 0) is 72.8 Å². The van der Waals surface area contributed by atoms with Gasteiger partial charge in [0, 0.05) is 23.7 Å². The molecule has 0 bridgehead atoms. The van der Waals surface area contributed by atoms with E-state index in [0.29, 0.717) is 31.7 Å². The van der Waals surface area contributed by atoms with E-state index in [1.165, 1.54) is 16.4 Å². The first-order valence-electron chi connectivity index (χ1n) is 10.6. The van der Waals surface area contributed by atoms with Crippen molar-refractivity contribution in [1.82, 2.24) is 4.31 Å². The van der Waals surface area contributed by atoms with Crippen molar-refractivity contribution in [1.29, 1.82) is 0 Å². The second-order valence-corrected chi connectivity index (χ2v) is 10.8. The minimum Gasteiger partial charge on any atom is -0.497 e. The van der Waals surface area contributed by atoms with E-state index in [4.69, 9.17) is 4.74 Å². The van der Waals surface area contributed by atoms with Crippen molar-refractivity contribution >= 4 is 33.0 Å². The van der Waals surface area contributed by atoms with Crippen LogP contribution in [0.5, 0.6) is 5.75 Å². The van der Waals surface area contributed by atoms with E-state index in [9.17, 15) is 17.6 Å². The maximum absolute atomic E-state index is 13.7. The molecule has 33 heavy (non-hydrogen) atoms. The number of hydrogen-bond acceptors (Lipinski definition) is 5. The fourth-order valence-electron chi connectivity index (χ4n) is 3.96. The summed E-state index contributed by atoms with van der Waals surface area (Å²) in [6.07, 6.45) is 1.18. The van der Waals surface area contributed by atoms with Crippen LogP contribution >= 0.6 is 11.3 Å². The van der Waals surface area contributed by atoms with Gasteiger partial charge in [-0.25, -0.2) is 12.8 Å². The standard InChI is InChI=1S/C24H25FN2O4S2/c1-31-21-10-8-20(9-11-21)27(17-22-5-3-15-32-22)24(28)18-4-2-14-26(16-18)33(29,30)23-12-6-19(25)7-13-23/h3,5-13,15,18H,2,4,14,16-17H2,1H3. The number of benzene rings is 2. The van der Waals surface area contributed by atoms with Gasteiger partial charge in [-0.3, -0.25) is 4.79 Å². The zero-order valence-corrected chi connectivity index (χ0v) is 19.8. The first kappa shape index (κ1) is 23.4. The summed E-state index contributed by atoms with van der Waals surface area (Å²) in [4.78, 5) is 16.4. The van der Waals surface area contributed by atoms with Gasteiger partial charge in [0.1, 0.15) is 11.6 Å². The molecule has 0 saturated carbocycles. The third-order valence-corrected chi connectivity index (χ3v) is 8.47. The summed E-state index contributed by atoms with van der Waals surface area (Å²) in [6, 6.07) is 16.0. The summed E-state index contributed by atoms with van der Waals surface area (Å²) < 4.78 is 46.0. The van der Waals surface area contributed by atoms with Crippen molar-refractivity contribution in [2.45, 2.75) is 24.3 Å².